The maximum absolute atomic E-state index is 14.2. The average molecular weight is 291 g/mol. The fraction of sp³-hybridized carbons (Fsp3) is 0.647. The molecule has 0 spiro atoms. The SMILES string of the molecule is CCNCc1c(F)cccc1N1CCN2CCCCC2C1. The van der Waals surface area contributed by atoms with E-state index in [9.17, 15) is 4.39 Å². The van der Waals surface area contributed by atoms with E-state index >= 15 is 0 Å². The molecule has 2 fully saturated rings. The number of piperidine rings is 1. The lowest BCUT2D eigenvalue weighted by atomic mass is 9.98. The van der Waals surface area contributed by atoms with Crippen LogP contribution in [0, 0.1) is 5.82 Å². The Morgan fingerprint density at radius 3 is 3.00 bits per heavy atom. The van der Waals surface area contributed by atoms with Gasteiger partial charge in [0.2, 0.25) is 0 Å². The third kappa shape index (κ3) is 3.22. The molecule has 0 bridgehead atoms. The van der Waals surface area contributed by atoms with E-state index < -0.39 is 0 Å². The van der Waals surface area contributed by atoms with Gasteiger partial charge in [-0.2, -0.15) is 0 Å². The highest BCUT2D eigenvalue weighted by Crippen LogP contribution is 2.28. The lowest BCUT2D eigenvalue weighted by Gasteiger charge is -2.45. The molecule has 0 aromatic heterocycles. The molecule has 2 aliphatic rings. The molecule has 1 aromatic carbocycles. The van der Waals surface area contributed by atoms with Crippen LogP contribution >= 0.6 is 0 Å². The molecule has 4 heteroatoms. The van der Waals surface area contributed by atoms with Crippen molar-refractivity contribution < 1.29 is 4.39 Å². The van der Waals surface area contributed by atoms with Crippen LogP contribution in [0.5, 0.6) is 0 Å². The highest BCUT2D eigenvalue weighted by atomic mass is 19.1. The van der Waals surface area contributed by atoms with Gasteiger partial charge in [0.1, 0.15) is 5.82 Å². The molecule has 0 radical (unpaired) electrons. The zero-order chi connectivity index (χ0) is 14.7. The lowest BCUT2D eigenvalue weighted by Crippen LogP contribution is -2.55. The second-order valence-corrected chi connectivity index (χ2v) is 6.15. The Kier molecular flexibility index (Phi) is 4.76. The molecule has 3 nitrogen and oxygen atoms in total. The van der Waals surface area contributed by atoms with E-state index in [0.717, 1.165) is 37.4 Å². The molecule has 0 aliphatic carbocycles. The van der Waals surface area contributed by atoms with Gasteiger partial charge in [0.15, 0.2) is 0 Å². The number of rotatable bonds is 4. The number of halogens is 1. The van der Waals surface area contributed by atoms with E-state index in [1.54, 1.807) is 6.07 Å². The fourth-order valence-electron chi connectivity index (χ4n) is 3.64. The number of nitrogens with one attached hydrogen (secondary N) is 1. The third-order valence-electron chi connectivity index (χ3n) is 4.82. The van der Waals surface area contributed by atoms with Gasteiger partial charge in [0, 0.05) is 43.5 Å². The minimum absolute atomic E-state index is 0.0838. The van der Waals surface area contributed by atoms with Crippen molar-refractivity contribution in [1.29, 1.82) is 0 Å². The molecule has 3 rings (SSSR count). The predicted octanol–water partition coefficient (Wildman–Crippen LogP) is 2.61. The summed E-state index contributed by atoms with van der Waals surface area (Å²) in [4.78, 5) is 5.01. The summed E-state index contributed by atoms with van der Waals surface area (Å²) in [7, 11) is 0. The maximum atomic E-state index is 14.2. The normalized spacial score (nSPS) is 23.1. The van der Waals surface area contributed by atoms with Crippen LogP contribution in [0.1, 0.15) is 31.7 Å². The molecular formula is C17H26FN3. The minimum atomic E-state index is -0.0838. The van der Waals surface area contributed by atoms with Gasteiger partial charge in [-0.1, -0.05) is 19.4 Å². The van der Waals surface area contributed by atoms with Gasteiger partial charge in [0.05, 0.1) is 0 Å². The van der Waals surface area contributed by atoms with Crippen LogP contribution < -0.4 is 10.2 Å². The van der Waals surface area contributed by atoms with Gasteiger partial charge >= 0.3 is 0 Å². The van der Waals surface area contributed by atoms with E-state index in [0.29, 0.717) is 12.6 Å². The molecule has 2 saturated heterocycles. The molecule has 2 heterocycles. The number of hydrogen-bond acceptors (Lipinski definition) is 3. The van der Waals surface area contributed by atoms with Crippen LogP contribution in [0.2, 0.25) is 0 Å². The standard InChI is InChI=1S/C17H26FN3/c1-2-19-12-15-16(18)7-5-8-17(15)21-11-10-20-9-4-3-6-14(20)13-21/h5,7-8,14,19H,2-4,6,9-13H2,1H3. The number of anilines is 1. The molecule has 1 aromatic rings. The summed E-state index contributed by atoms with van der Waals surface area (Å²) in [6, 6.07) is 6.15. The van der Waals surface area contributed by atoms with Gasteiger partial charge in [-0.25, -0.2) is 4.39 Å². The molecule has 1 atom stereocenters. The molecule has 0 amide bonds. The Morgan fingerprint density at radius 1 is 1.24 bits per heavy atom. The summed E-state index contributed by atoms with van der Waals surface area (Å²) in [6.07, 6.45) is 3.96. The highest BCUT2D eigenvalue weighted by Gasteiger charge is 2.29. The monoisotopic (exact) mass is 291 g/mol. The summed E-state index contributed by atoms with van der Waals surface area (Å²) in [5, 5.41) is 3.26. The number of hydrogen-bond donors (Lipinski definition) is 1. The number of piperazine rings is 1. The smallest absolute Gasteiger partial charge is 0.129 e. The predicted molar refractivity (Wildman–Crippen MR) is 85.2 cm³/mol. The molecule has 2 aliphatic heterocycles. The summed E-state index contributed by atoms with van der Waals surface area (Å²) in [5.74, 6) is -0.0838. The van der Waals surface area contributed by atoms with Gasteiger partial charge in [0.25, 0.3) is 0 Å². The van der Waals surface area contributed by atoms with Crippen LogP contribution in [0.25, 0.3) is 0 Å². The Balaban J connectivity index is 1.78. The Hall–Kier alpha value is -1.13. The summed E-state index contributed by atoms with van der Waals surface area (Å²) in [6.45, 7) is 7.95. The van der Waals surface area contributed by atoms with E-state index in [1.165, 1.54) is 25.8 Å². The second-order valence-electron chi connectivity index (χ2n) is 6.15. The fourth-order valence-corrected chi connectivity index (χ4v) is 3.64. The van der Waals surface area contributed by atoms with Crippen LogP contribution in [-0.2, 0) is 6.54 Å². The largest absolute Gasteiger partial charge is 0.368 e. The summed E-state index contributed by atoms with van der Waals surface area (Å²) < 4.78 is 14.2. The van der Waals surface area contributed by atoms with Crippen LogP contribution in [-0.4, -0.2) is 43.7 Å². The first kappa shape index (κ1) is 14.8. The van der Waals surface area contributed by atoms with Crippen molar-refractivity contribution >= 4 is 5.69 Å². The maximum Gasteiger partial charge on any atom is 0.129 e. The van der Waals surface area contributed by atoms with Gasteiger partial charge in [-0.05, 0) is 38.1 Å². The molecule has 1 unspecified atom stereocenters. The van der Waals surface area contributed by atoms with Crippen molar-refractivity contribution in [3.05, 3.63) is 29.6 Å². The Bertz CT molecular complexity index is 477. The summed E-state index contributed by atoms with van der Waals surface area (Å²) >= 11 is 0. The molecule has 21 heavy (non-hydrogen) atoms. The van der Waals surface area contributed by atoms with Crippen molar-refractivity contribution in [3.63, 3.8) is 0 Å². The van der Waals surface area contributed by atoms with Crippen LogP contribution in [0.15, 0.2) is 18.2 Å². The molecule has 116 valence electrons. The topological polar surface area (TPSA) is 18.5 Å². The molecule has 0 saturated carbocycles. The quantitative estimate of drug-likeness (QED) is 0.920. The lowest BCUT2D eigenvalue weighted by molar-refractivity contribution is 0.133. The Morgan fingerprint density at radius 2 is 2.14 bits per heavy atom. The van der Waals surface area contributed by atoms with E-state index in [2.05, 4.69) is 28.1 Å². The second kappa shape index (κ2) is 6.75. The Labute approximate surface area is 127 Å². The van der Waals surface area contributed by atoms with Gasteiger partial charge in [-0.3, -0.25) is 4.90 Å². The van der Waals surface area contributed by atoms with Crippen molar-refractivity contribution in [3.8, 4) is 0 Å². The first-order valence-electron chi connectivity index (χ1n) is 8.26. The summed E-state index contributed by atoms with van der Waals surface area (Å²) in [5.41, 5.74) is 1.91. The minimum Gasteiger partial charge on any atom is -0.368 e. The van der Waals surface area contributed by atoms with Crippen molar-refractivity contribution in [2.24, 2.45) is 0 Å². The van der Waals surface area contributed by atoms with Crippen LogP contribution in [0.3, 0.4) is 0 Å². The first-order valence-corrected chi connectivity index (χ1v) is 8.26. The van der Waals surface area contributed by atoms with E-state index in [1.807, 2.05) is 6.07 Å². The van der Waals surface area contributed by atoms with E-state index in [-0.39, 0.29) is 5.82 Å². The number of benzene rings is 1. The third-order valence-corrected chi connectivity index (χ3v) is 4.82. The average Bonchev–Trinajstić information content (AvgIpc) is 2.53. The molecular weight excluding hydrogens is 265 g/mol. The van der Waals surface area contributed by atoms with Crippen molar-refractivity contribution in [1.82, 2.24) is 10.2 Å². The highest BCUT2D eigenvalue weighted by molar-refractivity contribution is 5.55. The van der Waals surface area contributed by atoms with Crippen molar-refractivity contribution in [2.75, 3.05) is 37.6 Å². The zero-order valence-electron chi connectivity index (χ0n) is 12.9. The van der Waals surface area contributed by atoms with Crippen LogP contribution in [0.4, 0.5) is 10.1 Å². The first-order chi connectivity index (χ1) is 10.3. The van der Waals surface area contributed by atoms with Crippen molar-refractivity contribution in [2.45, 2.75) is 38.8 Å². The van der Waals surface area contributed by atoms with E-state index in [4.69, 9.17) is 0 Å². The zero-order valence-corrected chi connectivity index (χ0v) is 12.9. The van der Waals surface area contributed by atoms with Gasteiger partial charge < -0.3 is 10.2 Å². The number of nitrogens with zero attached hydrogens (tertiary/aromatic N) is 2. The number of fused-ring (bicyclic) bond motifs is 1. The van der Waals surface area contributed by atoms with Gasteiger partial charge in [-0.15, -0.1) is 0 Å². The molecule has 1 N–H and O–H groups in total.